The van der Waals surface area contributed by atoms with Gasteiger partial charge in [0.25, 0.3) is 5.91 Å². The van der Waals surface area contributed by atoms with Crippen molar-refractivity contribution in [2.45, 2.75) is 25.8 Å². The Hall–Kier alpha value is -2.69. The number of nitrogens with zero attached hydrogens (tertiary/aromatic N) is 1. The van der Waals surface area contributed by atoms with Gasteiger partial charge in [0.05, 0.1) is 6.04 Å². The number of benzene rings is 2. The standard InChI is InChI=1S/C19H19FN2O2/c1-13(14-4-8-16(20)9-5-14)21-19(24)15-6-10-17(11-7-15)22-12-2-3-18(22)23/h4-11,13H,2-3,12H2,1H3,(H,21,24)/t13-/m0/s1. The van der Waals surface area contributed by atoms with Gasteiger partial charge in [-0.1, -0.05) is 12.1 Å². The van der Waals surface area contributed by atoms with Gasteiger partial charge in [0, 0.05) is 24.2 Å². The van der Waals surface area contributed by atoms with E-state index in [4.69, 9.17) is 0 Å². The van der Waals surface area contributed by atoms with E-state index >= 15 is 0 Å². The first kappa shape index (κ1) is 16.2. The van der Waals surface area contributed by atoms with E-state index in [2.05, 4.69) is 5.32 Å². The smallest absolute Gasteiger partial charge is 0.251 e. The van der Waals surface area contributed by atoms with Crippen molar-refractivity contribution in [3.05, 3.63) is 65.5 Å². The third kappa shape index (κ3) is 3.45. The molecule has 1 N–H and O–H groups in total. The Labute approximate surface area is 140 Å². The molecule has 4 nitrogen and oxygen atoms in total. The summed E-state index contributed by atoms with van der Waals surface area (Å²) in [7, 11) is 0. The number of carbonyl (C=O) groups excluding carboxylic acids is 2. The number of anilines is 1. The van der Waals surface area contributed by atoms with Gasteiger partial charge in [-0.2, -0.15) is 0 Å². The average molecular weight is 326 g/mol. The molecule has 0 bridgehead atoms. The number of hydrogen-bond acceptors (Lipinski definition) is 2. The van der Waals surface area contributed by atoms with Crippen molar-refractivity contribution in [2.75, 3.05) is 11.4 Å². The lowest BCUT2D eigenvalue weighted by Gasteiger charge is -2.17. The van der Waals surface area contributed by atoms with E-state index in [9.17, 15) is 14.0 Å². The monoisotopic (exact) mass is 326 g/mol. The highest BCUT2D eigenvalue weighted by molar-refractivity contribution is 5.97. The van der Waals surface area contributed by atoms with E-state index in [1.54, 1.807) is 41.3 Å². The molecule has 0 saturated carbocycles. The third-order valence-corrected chi connectivity index (χ3v) is 4.23. The molecule has 1 aliphatic rings. The maximum atomic E-state index is 13.0. The van der Waals surface area contributed by atoms with Gasteiger partial charge in [-0.25, -0.2) is 4.39 Å². The van der Waals surface area contributed by atoms with Crippen LogP contribution in [0.15, 0.2) is 48.5 Å². The van der Waals surface area contributed by atoms with Crippen LogP contribution >= 0.6 is 0 Å². The van der Waals surface area contributed by atoms with Crippen LogP contribution in [0.5, 0.6) is 0 Å². The molecule has 1 atom stereocenters. The molecule has 2 aromatic rings. The van der Waals surface area contributed by atoms with Crippen LogP contribution in [0.2, 0.25) is 0 Å². The third-order valence-electron chi connectivity index (χ3n) is 4.23. The minimum Gasteiger partial charge on any atom is -0.346 e. The molecule has 1 heterocycles. The zero-order valence-electron chi connectivity index (χ0n) is 13.5. The average Bonchev–Trinajstić information content (AvgIpc) is 3.01. The largest absolute Gasteiger partial charge is 0.346 e. The van der Waals surface area contributed by atoms with Gasteiger partial charge >= 0.3 is 0 Å². The predicted octanol–water partition coefficient (Wildman–Crippen LogP) is 3.44. The molecule has 5 heteroatoms. The van der Waals surface area contributed by atoms with Crippen LogP contribution in [-0.2, 0) is 4.79 Å². The van der Waals surface area contributed by atoms with Gasteiger partial charge in [0.1, 0.15) is 5.82 Å². The van der Waals surface area contributed by atoms with Crippen molar-refractivity contribution in [2.24, 2.45) is 0 Å². The molecule has 0 unspecified atom stereocenters. The summed E-state index contributed by atoms with van der Waals surface area (Å²) in [6.07, 6.45) is 1.45. The molecule has 124 valence electrons. The molecule has 0 radical (unpaired) electrons. The normalized spacial score (nSPS) is 15.4. The highest BCUT2D eigenvalue weighted by Crippen LogP contribution is 2.22. The summed E-state index contributed by atoms with van der Waals surface area (Å²) >= 11 is 0. The molecule has 3 rings (SSSR count). The molecular weight excluding hydrogens is 307 g/mol. The molecule has 2 amide bonds. The molecule has 1 aliphatic heterocycles. The molecule has 0 aromatic heterocycles. The zero-order chi connectivity index (χ0) is 17.1. The minimum absolute atomic E-state index is 0.122. The van der Waals surface area contributed by atoms with Crippen LogP contribution in [0.3, 0.4) is 0 Å². The highest BCUT2D eigenvalue weighted by atomic mass is 19.1. The topological polar surface area (TPSA) is 49.4 Å². The van der Waals surface area contributed by atoms with Crippen LogP contribution in [0.25, 0.3) is 0 Å². The van der Waals surface area contributed by atoms with Gasteiger partial charge in [-0.15, -0.1) is 0 Å². The van der Waals surface area contributed by atoms with Crippen LogP contribution < -0.4 is 10.2 Å². The number of halogens is 1. The number of amides is 2. The zero-order valence-corrected chi connectivity index (χ0v) is 13.5. The fourth-order valence-electron chi connectivity index (χ4n) is 2.83. The fraction of sp³-hybridized carbons (Fsp3) is 0.263. The predicted molar refractivity (Wildman–Crippen MR) is 90.3 cm³/mol. The summed E-state index contributed by atoms with van der Waals surface area (Å²) in [5.41, 5.74) is 2.18. The van der Waals surface area contributed by atoms with Crippen LogP contribution in [0.4, 0.5) is 10.1 Å². The molecule has 0 spiro atoms. The lowest BCUT2D eigenvalue weighted by atomic mass is 10.1. The van der Waals surface area contributed by atoms with Crippen molar-refractivity contribution in [3.8, 4) is 0 Å². The van der Waals surface area contributed by atoms with Crippen molar-refractivity contribution in [1.29, 1.82) is 0 Å². The summed E-state index contributed by atoms with van der Waals surface area (Å²) in [6, 6.07) is 12.9. The van der Waals surface area contributed by atoms with Crippen molar-refractivity contribution in [3.63, 3.8) is 0 Å². The summed E-state index contributed by atoms with van der Waals surface area (Å²) < 4.78 is 13.0. The molecule has 0 aliphatic carbocycles. The number of rotatable bonds is 4. The van der Waals surface area contributed by atoms with E-state index in [1.807, 2.05) is 6.92 Å². The van der Waals surface area contributed by atoms with Crippen LogP contribution in [-0.4, -0.2) is 18.4 Å². The van der Waals surface area contributed by atoms with Crippen molar-refractivity contribution >= 4 is 17.5 Å². The molecule has 1 saturated heterocycles. The second-order valence-corrected chi connectivity index (χ2v) is 5.94. The minimum atomic E-state index is -0.302. The van der Waals surface area contributed by atoms with Crippen molar-refractivity contribution in [1.82, 2.24) is 5.32 Å². The summed E-state index contributed by atoms with van der Waals surface area (Å²) in [5.74, 6) is -0.382. The Balaban J connectivity index is 1.66. The van der Waals surface area contributed by atoms with Gasteiger partial charge in [0.15, 0.2) is 0 Å². The van der Waals surface area contributed by atoms with E-state index in [0.717, 1.165) is 24.2 Å². The maximum absolute atomic E-state index is 13.0. The number of hydrogen-bond donors (Lipinski definition) is 1. The van der Waals surface area contributed by atoms with E-state index in [0.29, 0.717) is 12.0 Å². The first-order valence-electron chi connectivity index (χ1n) is 8.01. The first-order valence-corrected chi connectivity index (χ1v) is 8.01. The summed E-state index contributed by atoms with van der Waals surface area (Å²) in [6.45, 7) is 2.58. The van der Waals surface area contributed by atoms with Gasteiger partial charge < -0.3 is 10.2 Å². The quantitative estimate of drug-likeness (QED) is 0.935. The summed E-state index contributed by atoms with van der Waals surface area (Å²) in [4.78, 5) is 25.8. The Morgan fingerprint density at radius 1 is 1.12 bits per heavy atom. The van der Waals surface area contributed by atoms with Crippen molar-refractivity contribution < 1.29 is 14.0 Å². The first-order chi connectivity index (χ1) is 11.5. The SMILES string of the molecule is C[C@H](NC(=O)c1ccc(N2CCCC2=O)cc1)c1ccc(F)cc1. The second kappa shape index (κ2) is 6.83. The van der Waals surface area contributed by atoms with Crippen LogP contribution in [0.1, 0.15) is 41.7 Å². The Morgan fingerprint density at radius 2 is 1.79 bits per heavy atom. The molecule has 24 heavy (non-hydrogen) atoms. The second-order valence-electron chi connectivity index (χ2n) is 5.94. The lowest BCUT2D eigenvalue weighted by Crippen LogP contribution is -2.27. The maximum Gasteiger partial charge on any atom is 0.251 e. The Bertz CT molecular complexity index is 741. The highest BCUT2D eigenvalue weighted by Gasteiger charge is 2.21. The Kier molecular flexibility index (Phi) is 4.60. The van der Waals surface area contributed by atoms with E-state index in [-0.39, 0.29) is 23.7 Å². The molecule has 1 fully saturated rings. The number of carbonyl (C=O) groups is 2. The van der Waals surface area contributed by atoms with E-state index < -0.39 is 0 Å². The van der Waals surface area contributed by atoms with Gasteiger partial charge in [-0.3, -0.25) is 9.59 Å². The molecular formula is C19H19FN2O2. The lowest BCUT2D eigenvalue weighted by molar-refractivity contribution is -0.117. The Morgan fingerprint density at radius 3 is 2.38 bits per heavy atom. The van der Waals surface area contributed by atoms with E-state index in [1.165, 1.54) is 12.1 Å². The molecule has 2 aromatic carbocycles. The summed E-state index contributed by atoms with van der Waals surface area (Å²) in [5, 5.41) is 2.89. The van der Waals surface area contributed by atoms with Gasteiger partial charge in [0.2, 0.25) is 5.91 Å². The fourth-order valence-corrected chi connectivity index (χ4v) is 2.83. The number of nitrogens with one attached hydrogen (secondary N) is 1. The van der Waals surface area contributed by atoms with Gasteiger partial charge in [-0.05, 0) is 55.3 Å². The van der Waals surface area contributed by atoms with Crippen LogP contribution in [0, 0.1) is 5.82 Å².